The summed E-state index contributed by atoms with van der Waals surface area (Å²) in [5.41, 5.74) is 0.580. The van der Waals surface area contributed by atoms with Gasteiger partial charge < -0.3 is 10.6 Å². The number of aromatic nitrogens is 1. The molecule has 150 valence electrons. The minimum absolute atomic E-state index is 0. The van der Waals surface area contributed by atoms with Crippen molar-refractivity contribution in [1.29, 1.82) is 0 Å². The molecule has 0 atom stereocenters. The molecule has 0 bridgehead atoms. The van der Waals surface area contributed by atoms with E-state index in [0.29, 0.717) is 31.0 Å². The second kappa shape index (κ2) is 12.2. The molecule has 1 aromatic carbocycles. The first-order chi connectivity index (χ1) is 13.0. The molecule has 28 heavy (non-hydrogen) atoms. The van der Waals surface area contributed by atoms with Gasteiger partial charge in [0.05, 0.1) is 12.1 Å². The largest absolute Gasteiger partial charge is 0.416 e. The van der Waals surface area contributed by atoms with Crippen molar-refractivity contribution in [1.82, 2.24) is 15.6 Å². The lowest BCUT2D eigenvalue weighted by Crippen LogP contribution is -2.37. The number of hydrogen-bond donors (Lipinski definition) is 2. The summed E-state index contributed by atoms with van der Waals surface area (Å²) in [7, 11) is 0. The summed E-state index contributed by atoms with van der Waals surface area (Å²) in [6, 6.07) is 10.7. The van der Waals surface area contributed by atoms with E-state index in [1.807, 2.05) is 25.1 Å². The average molecular weight is 502 g/mol. The minimum Gasteiger partial charge on any atom is -0.357 e. The molecule has 0 saturated carbocycles. The van der Waals surface area contributed by atoms with Crippen LogP contribution in [0.15, 0.2) is 53.7 Å². The molecule has 4 nitrogen and oxygen atoms in total. The number of benzene rings is 1. The summed E-state index contributed by atoms with van der Waals surface area (Å²) < 4.78 is 38.1. The first kappa shape index (κ1) is 23.8. The quantitative estimate of drug-likeness (QED) is 0.283. The molecule has 0 amide bonds. The molecule has 1 aromatic heterocycles. The van der Waals surface area contributed by atoms with Crippen LogP contribution in [0.25, 0.3) is 0 Å². The van der Waals surface area contributed by atoms with Crippen molar-refractivity contribution in [3.05, 3.63) is 65.5 Å². The van der Waals surface area contributed by atoms with Gasteiger partial charge in [-0.2, -0.15) is 13.2 Å². The maximum absolute atomic E-state index is 12.7. The van der Waals surface area contributed by atoms with E-state index in [9.17, 15) is 13.2 Å². The highest BCUT2D eigenvalue weighted by atomic mass is 127. The van der Waals surface area contributed by atoms with Crippen molar-refractivity contribution in [2.45, 2.75) is 19.5 Å². The number of nitrogens with zero attached hydrogens (tertiary/aromatic N) is 2. The number of guanidine groups is 1. The highest BCUT2D eigenvalue weighted by Gasteiger charge is 2.30. The molecule has 0 fully saturated rings. The van der Waals surface area contributed by atoms with Crippen LogP contribution in [0.3, 0.4) is 0 Å². The Labute approximate surface area is 180 Å². The number of pyridine rings is 1. The maximum Gasteiger partial charge on any atom is 0.416 e. The fourth-order valence-electron chi connectivity index (χ4n) is 2.22. The van der Waals surface area contributed by atoms with Crippen molar-refractivity contribution in [3.63, 3.8) is 0 Å². The van der Waals surface area contributed by atoms with Crippen LogP contribution in [0.5, 0.6) is 0 Å². The highest BCUT2D eigenvalue weighted by molar-refractivity contribution is 14.0. The van der Waals surface area contributed by atoms with Crippen LogP contribution in [-0.2, 0) is 12.6 Å². The van der Waals surface area contributed by atoms with Crippen LogP contribution in [0.1, 0.15) is 23.7 Å². The molecule has 2 rings (SSSR count). The summed E-state index contributed by atoms with van der Waals surface area (Å²) >= 11 is 0. The van der Waals surface area contributed by atoms with Crippen molar-refractivity contribution in [2.75, 3.05) is 19.6 Å². The average Bonchev–Trinajstić information content (AvgIpc) is 2.65. The second-order valence-corrected chi connectivity index (χ2v) is 5.57. The van der Waals surface area contributed by atoms with Gasteiger partial charge in [-0.1, -0.05) is 24.0 Å². The summed E-state index contributed by atoms with van der Waals surface area (Å²) in [6.07, 6.45) is -1.91. The lowest BCUT2D eigenvalue weighted by molar-refractivity contribution is -0.137. The smallest absolute Gasteiger partial charge is 0.357 e. The Morgan fingerprint density at radius 1 is 1.14 bits per heavy atom. The fraction of sp³-hybridized carbons (Fsp3) is 0.300. The van der Waals surface area contributed by atoms with E-state index in [2.05, 4.69) is 32.5 Å². The van der Waals surface area contributed by atoms with Crippen molar-refractivity contribution >= 4 is 29.9 Å². The Morgan fingerprint density at radius 3 is 2.64 bits per heavy atom. The number of alkyl halides is 3. The van der Waals surface area contributed by atoms with Crippen LogP contribution in [0.4, 0.5) is 13.2 Å². The third kappa shape index (κ3) is 8.61. The maximum atomic E-state index is 12.7. The predicted octanol–water partition coefficient (Wildman–Crippen LogP) is 3.87. The van der Waals surface area contributed by atoms with Crippen LogP contribution >= 0.6 is 24.0 Å². The molecule has 8 heteroatoms. The Bertz CT molecular complexity index is 811. The topological polar surface area (TPSA) is 49.3 Å². The monoisotopic (exact) mass is 502 g/mol. The zero-order chi connectivity index (χ0) is 19.5. The van der Waals surface area contributed by atoms with Gasteiger partial charge in [0.1, 0.15) is 0 Å². The van der Waals surface area contributed by atoms with Gasteiger partial charge >= 0.3 is 6.18 Å². The van der Waals surface area contributed by atoms with Crippen LogP contribution in [-0.4, -0.2) is 30.6 Å². The summed E-state index contributed by atoms with van der Waals surface area (Å²) in [5, 5.41) is 6.14. The number of halogens is 4. The zero-order valence-corrected chi connectivity index (χ0v) is 17.7. The Morgan fingerprint density at radius 2 is 1.96 bits per heavy atom. The molecular formula is C20H22F3IN4. The molecule has 0 radical (unpaired) electrons. The molecule has 0 spiro atoms. The molecule has 0 saturated heterocycles. The van der Waals surface area contributed by atoms with Gasteiger partial charge in [-0.3, -0.25) is 9.98 Å². The lowest BCUT2D eigenvalue weighted by atomic mass is 10.1. The van der Waals surface area contributed by atoms with Crippen molar-refractivity contribution in [2.24, 2.45) is 4.99 Å². The van der Waals surface area contributed by atoms with E-state index >= 15 is 0 Å². The zero-order valence-electron chi connectivity index (χ0n) is 15.4. The first-order valence-corrected chi connectivity index (χ1v) is 8.57. The summed E-state index contributed by atoms with van der Waals surface area (Å²) in [5.74, 6) is 6.15. The van der Waals surface area contributed by atoms with Crippen LogP contribution in [0.2, 0.25) is 0 Å². The van der Waals surface area contributed by atoms with E-state index in [1.54, 1.807) is 12.3 Å². The predicted molar refractivity (Wildman–Crippen MR) is 116 cm³/mol. The number of rotatable bonds is 5. The second-order valence-electron chi connectivity index (χ2n) is 5.57. The molecular weight excluding hydrogens is 480 g/mol. The van der Waals surface area contributed by atoms with Gasteiger partial charge in [-0.15, -0.1) is 24.0 Å². The number of hydrogen-bond acceptors (Lipinski definition) is 2. The number of nitrogens with one attached hydrogen (secondary N) is 2. The summed E-state index contributed by atoms with van der Waals surface area (Å²) in [6.45, 7) is 3.47. The normalized spacial score (nSPS) is 11.1. The Hall–Kier alpha value is -2.28. The molecule has 0 aliphatic carbocycles. The van der Waals surface area contributed by atoms with Crippen LogP contribution < -0.4 is 10.6 Å². The highest BCUT2D eigenvalue weighted by Crippen LogP contribution is 2.29. The molecule has 0 unspecified atom stereocenters. The van der Waals surface area contributed by atoms with E-state index in [1.165, 1.54) is 6.07 Å². The third-order valence-corrected chi connectivity index (χ3v) is 3.48. The van der Waals surface area contributed by atoms with Crippen LogP contribution in [0, 0.1) is 11.8 Å². The van der Waals surface area contributed by atoms with Crippen molar-refractivity contribution < 1.29 is 13.2 Å². The molecule has 0 aliphatic rings. The molecule has 1 heterocycles. The summed E-state index contributed by atoms with van der Waals surface area (Å²) in [4.78, 5) is 8.68. The van der Waals surface area contributed by atoms with Gasteiger partial charge in [0.2, 0.25) is 0 Å². The minimum atomic E-state index is -4.37. The molecule has 0 aliphatic heterocycles. The van der Waals surface area contributed by atoms with Gasteiger partial charge in [-0.25, -0.2) is 0 Å². The third-order valence-electron chi connectivity index (χ3n) is 3.48. The van der Waals surface area contributed by atoms with Gasteiger partial charge in [0, 0.05) is 37.0 Å². The van der Waals surface area contributed by atoms with Gasteiger partial charge in [0.25, 0.3) is 0 Å². The standard InChI is InChI=1S/C20H21F3N4.HI/c1-2-24-19(27-14-11-18-10-3-4-12-25-18)26-13-6-8-16-7-5-9-17(15-16)20(21,22)23;/h3-5,7,9-10,12,15H,2,11,13-14H2,1H3,(H2,24,26,27);1H. The van der Waals surface area contributed by atoms with E-state index < -0.39 is 11.7 Å². The number of aliphatic imine (C=N–C) groups is 1. The van der Waals surface area contributed by atoms with Crippen molar-refractivity contribution in [3.8, 4) is 11.8 Å². The lowest BCUT2D eigenvalue weighted by Gasteiger charge is -2.08. The Kier molecular flexibility index (Phi) is 10.4. The fourth-order valence-corrected chi connectivity index (χ4v) is 2.22. The van der Waals surface area contributed by atoms with E-state index in [-0.39, 0.29) is 30.5 Å². The Balaban J connectivity index is 0.00000392. The first-order valence-electron chi connectivity index (χ1n) is 8.57. The van der Waals surface area contributed by atoms with E-state index in [0.717, 1.165) is 17.8 Å². The van der Waals surface area contributed by atoms with E-state index in [4.69, 9.17) is 0 Å². The van der Waals surface area contributed by atoms with Gasteiger partial charge in [0.15, 0.2) is 5.96 Å². The molecule has 2 aromatic rings. The molecule has 2 N–H and O–H groups in total. The SMILES string of the molecule is CCNC(=NCCc1ccccn1)NCC#Cc1cccc(C(F)(F)F)c1.I. The van der Waals surface area contributed by atoms with Gasteiger partial charge in [-0.05, 0) is 37.3 Å².